The number of carbonyl (C=O) groups excluding carboxylic acids is 1. The van der Waals surface area contributed by atoms with Crippen molar-refractivity contribution < 1.29 is 4.79 Å². The summed E-state index contributed by atoms with van der Waals surface area (Å²) in [5.74, 6) is 0. The van der Waals surface area contributed by atoms with Gasteiger partial charge in [0.25, 0.3) is 0 Å². The summed E-state index contributed by atoms with van der Waals surface area (Å²) in [6.45, 7) is 10.7. The van der Waals surface area contributed by atoms with Crippen molar-refractivity contribution in [3.05, 3.63) is 0 Å². The molecule has 0 aromatic carbocycles. The Morgan fingerprint density at radius 2 is 1.54 bits per heavy atom. The summed E-state index contributed by atoms with van der Waals surface area (Å²) in [6, 6.07) is 0.575. The van der Waals surface area contributed by atoms with Crippen LogP contribution in [-0.2, 0) is 0 Å². The zero-order valence-electron chi connectivity index (χ0n) is 16.8. The fourth-order valence-corrected chi connectivity index (χ4v) is 3.60. The summed E-state index contributed by atoms with van der Waals surface area (Å²) >= 11 is 0. The zero-order chi connectivity index (χ0) is 17.8. The van der Waals surface area contributed by atoms with Crippen LogP contribution in [0.4, 0.5) is 4.79 Å². The lowest BCUT2D eigenvalue weighted by atomic mass is 9.95. The van der Waals surface area contributed by atoms with Gasteiger partial charge in [-0.15, -0.1) is 0 Å². The maximum Gasteiger partial charge on any atom is 0.317 e. The van der Waals surface area contributed by atoms with E-state index in [9.17, 15) is 4.79 Å². The monoisotopic (exact) mass is 338 g/mol. The van der Waals surface area contributed by atoms with Gasteiger partial charge in [0.1, 0.15) is 0 Å². The number of unbranched alkanes of at least 4 members (excludes halogenated alkanes) is 6. The largest absolute Gasteiger partial charge is 0.335 e. The number of nitrogens with one attached hydrogen (secondary N) is 1. The van der Waals surface area contributed by atoms with Gasteiger partial charge < -0.3 is 10.2 Å². The zero-order valence-corrected chi connectivity index (χ0v) is 16.8. The Kier molecular flexibility index (Phi) is 10.4. The minimum absolute atomic E-state index is 0.158. The Morgan fingerprint density at radius 1 is 0.958 bits per heavy atom. The van der Waals surface area contributed by atoms with Crippen molar-refractivity contribution in [1.82, 2.24) is 10.2 Å². The summed E-state index contributed by atoms with van der Waals surface area (Å²) in [7, 11) is 0. The minimum atomic E-state index is 0.158. The lowest BCUT2D eigenvalue weighted by Gasteiger charge is -2.32. The Labute approximate surface area is 151 Å². The van der Waals surface area contributed by atoms with E-state index < -0.39 is 0 Å². The molecule has 3 heteroatoms. The molecule has 1 rings (SSSR count). The number of rotatable bonds is 10. The Balaban J connectivity index is 2.34. The van der Waals surface area contributed by atoms with Crippen molar-refractivity contribution in [2.24, 2.45) is 5.41 Å². The third kappa shape index (κ3) is 10.2. The lowest BCUT2D eigenvalue weighted by molar-refractivity contribution is 0.165. The molecule has 1 aliphatic rings. The van der Waals surface area contributed by atoms with Crippen molar-refractivity contribution in [3.63, 3.8) is 0 Å². The summed E-state index contributed by atoms with van der Waals surface area (Å²) in [6.07, 6.45) is 15.3. The van der Waals surface area contributed by atoms with Gasteiger partial charge in [-0.25, -0.2) is 4.79 Å². The quantitative estimate of drug-likeness (QED) is 0.478. The first kappa shape index (κ1) is 21.3. The van der Waals surface area contributed by atoms with E-state index in [-0.39, 0.29) is 11.4 Å². The van der Waals surface area contributed by atoms with E-state index in [1.807, 2.05) is 0 Å². The van der Waals surface area contributed by atoms with E-state index >= 15 is 0 Å². The third-order valence-electron chi connectivity index (χ3n) is 4.92. The molecule has 0 aromatic heterocycles. The molecule has 24 heavy (non-hydrogen) atoms. The molecular weight excluding hydrogens is 296 g/mol. The van der Waals surface area contributed by atoms with E-state index in [2.05, 4.69) is 37.9 Å². The molecule has 0 spiro atoms. The van der Waals surface area contributed by atoms with E-state index in [0.717, 1.165) is 32.4 Å². The molecule has 1 fully saturated rings. The molecule has 1 aliphatic carbocycles. The number of urea groups is 1. The second-order valence-electron chi connectivity index (χ2n) is 8.89. The van der Waals surface area contributed by atoms with Crippen molar-refractivity contribution in [3.8, 4) is 0 Å². The number of carbonyl (C=O) groups is 1. The molecule has 1 saturated carbocycles. The summed E-state index contributed by atoms with van der Waals surface area (Å²) in [5.41, 5.74) is 0.158. The molecule has 0 aliphatic heterocycles. The average Bonchev–Trinajstić information content (AvgIpc) is 2.52. The highest BCUT2D eigenvalue weighted by Crippen LogP contribution is 2.19. The molecule has 3 nitrogen and oxygen atoms in total. The van der Waals surface area contributed by atoms with Crippen molar-refractivity contribution in [1.29, 1.82) is 0 Å². The van der Waals surface area contributed by atoms with Crippen LogP contribution in [0.2, 0.25) is 0 Å². The summed E-state index contributed by atoms with van der Waals surface area (Å²) in [4.78, 5) is 14.8. The molecular formula is C21H42N2O. The fourth-order valence-electron chi connectivity index (χ4n) is 3.60. The molecule has 0 bridgehead atoms. The van der Waals surface area contributed by atoms with Crippen molar-refractivity contribution in [2.75, 3.05) is 13.1 Å². The molecule has 1 N–H and O–H groups in total. The van der Waals surface area contributed by atoms with Crippen LogP contribution in [0.3, 0.4) is 0 Å². The SMILES string of the molecule is CCCCCCCCCN(CC(C)(C)C)C(=O)NC1CCCCC1. The van der Waals surface area contributed by atoms with Crippen LogP contribution in [0.15, 0.2) is 0 Å². The average molecular weight is 339 g/mol. The summed E-state index contributed by atoms with van der Waals surface area (Å²) in [5, 5.41) is 3.30. The van der Waals surface area contributed by atoms with Gasteiger partial charge in [0.05, 0.1) is 0 Å². The Morgan fingerprint density at radius 3 is 2.12 bits per heavy atom. The predicted octanol–water partition coefficient (Wildman–Crippen LogP) is 6.13. The molecule has 0 heterocycles. The van der Waals surface area contributed by atoms with Gasteiger partial charge in [-0.05, 0) is 24.7 Å². The van der Waals surface area contributed by atoms with Gasteiger partial charge in [-0.2, -0.15) is 0 Å². The van der Waals surface area contributed by atoms with Crippen LogP contribution >= 0.6 is 0 Å². The predicted molar refractivity (Wildman–Crippen MR) is 104 cm³/mol. The van der Waals surface area contributed by atoms with E-state index in [0.29, 0.717) is 6.04 Å². The molecule has 142 valence electrons. The number of nitrogens with zero attached hydrogens (tertiary/aromatic N) is 1. The lowest BCUT2D eigenvalue weighted by Crippen LogP contribution is -2.48. The Bertz CT molecular complexity index is 329. The molecule has 0 atom stereocenters. The van der Waals surface area contributed by atoms with E-state index in [1.165, 1.54) is 57.8 Å². The standard InChI is InChI=1S/C21H42N2O/c1-5-6-7-8-9-10-14-17-23(18-21(2,3)4)20(24)22-19-15-12-11-13-16-19/h19H,5-18H2,1-4H3,(H,22,24). The van der Waals surface area contributed by atoms with Gasteiger partial charge in [0.2, 0.25) is 0 Å². The van der Waals surface area contributed by atoms with Crippen molar-refractivity contribution in [2.45, 2.75) is 111 Å². The minimum Gasteiger partial charge on any atom is -0.335 e. The van der Waals surface area contributed by atoms with Crippen LogP contribution in [0.5, 0.6) is 0 Å². The van der Waals surface area contributed by atoms with Crippen LogP contribution in [0, 0.1) is 5.41 Å². The van der Waals surface area contributed by atoms with Gasteiger partial charge in [0.15, 0.2) is 0 Å². The van der Waals surface area contributed by atoms with E-state index in [4.69, 9.17) is 0 Å². The first-order chi connectivity index (χ1) is 11.4. The van der Waals surface area contributed by atoms with Crippen LogP contribution in [0.25, 0.3) is 0 Å². The molecule has 2 amide bonds. The molecule has 0 aromatic rings. The maximum atomic E-state index is 12.7. The number of hydrogen-bond donors (Lipinski definition) is 1. The third-order valence-corrected chi connectivity index (χ3v) is 4.92. The van der Waals surface area contributed by atoms with Crippen LogP contribution < -0.4 is 5.32 Å². The van der Waals surface area contributed by atoms with Gasteiger partial charge in [0, 0.05) is 19.1 Å². The smallest absolute Gasteiger partial charge is 0.317 e. The topological polar surface area (TPSA) is 32.3 Å². The first-order valence-electron chi connectivity index (χ1n) is 10.5. The van der Waals surface area contributed by atoms with Gasteiger partial charge in [-0.3, -0.25) is 0 Å². The van der Waals surface area contributed by atoms with Gasteiger partial charge in [-0.1, -0.05) is 85.5 Å². The van der Waals surface area contributed by atoms with Crippen LogP contribution in [-0.4, -0.2) is 30.1 Å². The normalized spacial score (nSPS) is 16.2. The highest BCUT2D eigenvalue weighted by molar-refractivity contribution is 5.74. The highest BCUT2D eigenvalue weighted by atomic mass is 16.2. The Hall–Kier alpha value is -0.730. The first-order valence-corrected chi connectivity index (χ1v) is 10.5. The fraction of sp³-hybridized carbons (Fsp3) is 0.952. The van der Waals surface area contributed by atoms with Gasteiger partial charge >= 0.3 is 6.03 Å². The number of amides is 2. The second kappa shape index (κ2) is 11.8. The molecule has 0 radical (unpaired) electrons. The number of hydrogen-bond acceptors (Lipinski definition) is 1. The summed E-state index contributed by atoms with van der Waals surface area (Å²) < 4.78 is 0. The molecule has 0 saturated heterocycles. The highest BCUT2D eigenvalue weighted by Gasteiger charge is 2.23. The molecule has 0 unspecified atom stereocenters. The van der Waals surface area contributed by atoms with Crippen LogP contribution in [0.1, 0.15) is 105 Å². The van der Waals surface area contributed by atoms with E-state index in [1.54, 1.807) is 0 Å². The maximum absolute atomic E-state index is 12.7. The second-order valence-corrected chi connectivity index (χ2v) is 8.89. The van der Waals surface area contributed by atoms with Crippen molar-refractivity contribution >= 4 is 6.03 Å².